The van der Waals surface area contributed by atoms with Crippen LogP contribution in [-0.4, -0.2) is 42.9 Å². The van der Waals surface area contributed by atoms with Crippen molar-refractivity contribution in [3.05, 3.63) is 41.5 Å². The molecule has 1 aliphatic carbocycles. The lowest BCUT2D eigenvalue weighted by Gasteiger charge is -2.39. The van der Waals surface area contributed by atoms with Crippen LogP contribution in [0.15, 0.2) is 30.3 Å². The van der Waals surface area contributed by atoms with E-state index in [1.54, 1.807) is 0 Å². The monoisotopic (exact) mass is 337 g/mol. The second kappa shape index (κ2) is 5.85. The number of carbonyl (C=O) groups excluding carboxylic acids is 2. The zero-order valence-electron chi connectivity index (χ0n) is 14.7. The van der Waals surface area contributed by atoms with Gasteiger partial charge in [-0.15, -0.1) is 0 Å². The Morgan fingerprint density at radius 3 is 2.36 bits per heavy atom. The first-order valence-corrected chi connectivity index (χ1v) is 8.87. The molecule has 0 saturated heterocycles. The Kier molecular flexibility index (Phi) is 3.76. The summed E-state index contributed by atoms with van der Waals surface area (Å²) in [5.41, 5.74) is 8.48. The minimum atomic E-state index is -0.207. The Balaban J connectivity index is 1.90. The molecule has 1 aliphatic heterocycles. The van der Waals surface area contributed by atoms with Gasteiger partial charge in [-0.2, -0.15) is 0 Å². The Labute approximate surface area is 147 Å². The van der Waals surface area contributed by atoms with Crippen molar-refractivity contribution in [2.24, 2.45) is 5.73 Å². The number of amides is 2. The molecule has 2 N–H and O–H groups in total. The Hall–Kier alpha value is -2.40. The highest BCUT2D eigenvalue weighted by atomic mass is 16.2. The summed E-state index contributed by atoms with van der Waals surface area (Å²) >= 11 is 0. The third-order valence-electron chi connectivity index (χ3n) is 5.51. The molecule has 2 aliphatic rings. The molecule has 4 rings (SSSR count). The van der Waals surface area contributed by atoms with Crippen molar-refractivity contribution < 1.29 is 9.59 Å². The van der Waals surface area contributed by atoms with Crippen LogP contribution in [0.1, 0.15) is 46.4 Å². The van der Waals surface area contributed by atoms with Crippen LogP contribution in [0.3, 0.4) is 0 Å². The zero-order valence-corrected chi connectivity index (χ0v) is 14.7. The molecular weight excluding hydrogens is 314 g/mol. The van der Waals surface area contributed by atoms with Gasteiger partial charge in [0.1, 0.15) is 0 Å². The first-order valence-electron chi connectivity index (χ1n) is 8.87. The van der Waals surface area contributed by atoms with Crippen molar-refractivity contribution in [3.8, 4) is 0 Å². The second-order valence-electron chi connectivity index (χ2n) is 7.25. The number of nitrogens with two attached hydrogens (primary N) is 1. The molecule has 0 radical (unpaired) electrons. The van der Waals surface area contributed by atoms with Crippen molar-refractivity contribution in [1.29, 1.82) is 0 Å². The number of nitrogens with zero attached hydrogens (tertiary/aromatic N) is 2. The summed E-state index contributed by atoms with van der Waals surface area (Å²) in [6.07, 6.45) is 3.72. The van der Waals surface area contributed by atoms with Crippen molar-refractivity contribution in [2.45, 2.75) is 37.8 Å². The lowest BCUT2D eigenvalue weighted by Crippen LogP contribution is -2.55. The predicted molar refractivity (Wildman–Crippen MR) is 99.0 cm³/mol. The van der Waals surface area contributed by atoms with Crippen LogP contribution in [0.5, 0.6) is 0 Å². The molecule has 0 bridgehead atoms. The number of carbonyl (C=O) groups is 2. The van der Waals surface area contributed by atoms with Crippen LogP contribution in [0, 0.1) is 0 Å². The fourth-order valence-electron chi connectivity index (χ4n) is 4.25. The van der Waals surface area contributed by atoms with E-state index in [2.05, 4.69) is 0 Å². The Bertz CT molecular complexity index is 852. The Morgan fingerprint density at radius 2 is 1.68 bits per heavy atom. The Morgan fingerprint density at radius 1 is 1.00 bits per heavy atom. The molecule has 2 aromatic carbocycles. The molecule has 5 nitrogen and oxygen atoms in total. The fourth-order valence-corrected chi connectivity index (χ4v) is 4.25. The van der Waals surface area contributed by atoms with Gasteiger partial charge in [0.05, 0.1) is 6.04 Å². The first-order chi connectivity index (χ1) is 12.0. The number of benzene rings is 2. The van der Waals surface area contributed by atoms with E-state index in [9.17, 15) is 9.59 Å². The molecule has 5 heteroatoms. The van der Waals surface area contributed by atoms with Crippen LogP contribution in [0.4, 0.5) is 5.69 Å². The number of rotatable bonds is 2. The van der Waals surface area contributed by atoms with Gasteiger partial charge in [-0.25, -0.2) is 0 Å². The molecular formula is C20H23N3O2. The normalized spacial score (nSPS) is 23.2. The van der Waals surface area contributed by atoms with Crippen LogP contribution in [0.25, 0.3) is 10.8 Å². The summed E-state index contributed by atoms with van der Waals surface area (Å²) in [5.74, 6) is -0.414. The first kappa shape index (κ1) is 16.1. The highest BCUT2D eigenvalue weighted by molar-refractivity contribution is 6.27. The minimum absolute atomic E-state index is 0.136. The average molecular weight is 337 g/mol. The third-order valence-corrected chi connectivity index (χ3v) is 5.51. The quantitative estimate of drug-likeness (QED) is 0.856. The maximum Gasteiger partial charge on any atom is 0.261 e. The second-order valence-corrected chi connectivity index (χ2v) is 7.25. The van der Waals surface area contributed by atoms with Gasteiger partial charge in [0.15, 0.2) is 0 Å². The molecule has 1 heterocycles. The maximum absolute atomic E-state index is 13.2. The number of hydrogen-bond donors (Lipinski definition) is 1. The fraction of sp³-hybridized carbons (Fsp3) is 0.400. The molecule has 25 heavy (non-hydrogen) atoms. The van der Waals surface area contributed by atoms with Crippen molar-refractivity contribution in [1.82, 2.24) is 4.90 Å². The van der Waals surface area contributed by atoms with Gasteiger partial charge in [-0.3, -0.25) is 14.5 Å². The summed E-state index contributed by atoms with van der Waals surface area (Å²) in [4.78, 5) is 29.8. The lowest BCUT2D eigenvalue weighted by molar-refractivity contribution is 0.0479. The van der Waals surface area contributed by atoms with E-state index in [0.717, 1.165) is 42.1 Å². The SMILES string of the molecule is CN(C)c1ccc2c3c(cccc13)C(=O)N([C@@H]1CCCC[C@H]1N)C2=O. The van der Waals surface area contributed by atoms with Gasteiger partial charge in [0, 0.05) is 47.7 Å². The summed E-state index contributed by atoms with van der Waals surface area (Å²) in [7, 11) is 3.92. The number of anilines is 1. The minimum Gasteiger partial charge on any atom is -0.377 e. The van der Waals surface area contributed by atoms with E-state index in [-0.39, 0.29) is 23.9 Å². The summed E-state index contributed by atoms with van der Waals surface area (Å²) in [6, 6.07) is 9.14. The topological polar surface area (TPSA) is 66.6 Å². The molecule has 2 aromatic rings. The van der Waals surface area contributed by atoms with Crippen LogP contribution in [0.2, 0.25) is 0 Å². The zero-order chi connectivity index (χ0) is 17.7. The van der Waals surface area contributed by atoms with Gasteiger partial charge < -0.3 is 10.6 Å². The molecule has 2 amide bonds. The molecule has 130 valence electrons. The summed E-state index contributed by atoms with van der Waals surface area (Å²) in [6.45, 7) is 0. The van der Waals surface area contributed by atoms with Crippen LogP contribution >= 0.6 is 0 Å². The van der Waals surface area contributed by atoms with E-state index in [4.69, 9.17) is 5.73 Å². The van der Waals surface area contributed by atoms with Crippen LogP contribution in [-0.2, 0) is 0 Å². The van der Waals surface area contributed by atoms with Crippen LogP contribution < -0.4 is 10.6 Å². The molecule has 1 fully saturated rings. The van der Waals surface area contributed by atoms with Gasteiger partial charge in [0.2, 0.25) is 0 Å². The van der Waals surface area contributed by atoms with Gasteiger partial charge in [0.25, 0.3) is 11.8 Å². The lowest BCUT2D eigenvalue weighted by atomic mass is 9.86. The van der Waals surface area contributed by atoms with E-state index < -0.39 is 0 Å². The average Bonchev–Trinajstić information content (AvgIpc) is 2.60. The standard InChI is InChI=1S/C20H23N3O2/c1-22(2)16-11-10-14-18-12(16)6-5-7-13(18)19(24)23(20(14)25)17-9-4-3-8-15(17)21/h5-7,10-11,15,17H,3-4,8-9,21H2,1-2H3/t15-,17-/m1/s1. The third kappa shape index (κ3) is 2.34. The van der Waals surface area contributed by atoms with E-state index in [1.165, 1.54) is 4.90 Å². The van der Waals surface area contributed by atoms with Crippen molar-refractivity contribution in [3.63, 3.8) is 0 Å². The summed E-state index contributed by atoms with van der Waals surface area (Å²) < 4.78 is 0. The van der Waals surface area contributed by atoms with Crippen molar-refractivity contribution >= 4 is 28.3 Å². The smallest absolute Gasteiger partial charge is 0.261 e. The van der Waals surface area contributed by atoms with Gasteiger partial charge in [-0.1, -0.05) is 25.0 Å². The van der Waals surface area contributed by atoms with E-state index >= 15 is 0 Å². The molecule has 0 aromatic heterocycles. The van der Waals surface area contributed by atoms with Gasteiger partial charge in [-0.05, 0) is 31.0 Å². The molecule has 1 saturated carbocycles. The maximum atomic E-state index is 13.2. The van der Waals surface area contributed by atoms with Crippen molar-refractivity contribution in [2.75, 3.05) is 19.0 Å². The summed E-state index contributed by atoms with van der Waals surface area (Å²) in [5, 5.41) is 1.71. The van der Waals surface area contributed by atoms with Gasteiger partial charge >= 0.3 is 0 Å². The molecule has 0 unspecified atom stereocenters. The number of hydrogen-bond acceptors (Lipinski definition) is 4. The predicted octanol–water partition coefficient (Wildman–Crippen LogP) is 2.77. The van der Waals surface area contributed by atoms with E-state index in [0.29, 0.717) is 11.1 Å². The van der Waals surface area contributed by atoms with E-state index in [1.807, 2.05) is 49.3 Å². The number of imide groups is 1. The molecule has 0 spiro atoms. The highest BCUT2D eigenvalue weighted by Crippen LogP contribution is 2.37. The highest BCUT2D eigenvalue weighted by Gasteiger charge is 2.40. The largest absolute Gasteiger partial charge is 0.377 e. The molecule has 2 atom stereocenters.